The number of nitrogens with zero attached hydrogens (tertiary/aromatic N) is 1. The van der Waals surface area contributed by atoms with E-state index in [1.165, 1.54) is 16.8 Å². The third-order valence-corrected chi connectivity index (χ3v) is 2.86. The molecule has 0 aliphatic heterocycles. The van der Waals surface area contributed by atoms with E-state index in [0.717, 1.165) is 0 Å². The van der Waals surface area contributed by atoms with Gasteiger partial charge in [-0.05, 0) is 6.42 Å². The molecule has 1 saturated carbocycles. The van der Waals surface area contributed by atoms with E-state index in [9.17, 15) is 14.7 Å². The fourth-order valence-corrected chi connectivity index (χ4v) is 1.86. The number of aromatic nitrogens is 2. The van der Waals surface area contributed by atoms with E-state index in [2.05, 4.69) is 4.98 Å². The van der Waals surface area contributed by atoms with Gasteiger partial charge in [0, 0.05) is 24.8 Å². The molecule has 3 N–H and O–H groups in total. The van der Waals surface area contributed by atoms with Crippen molar-refractivity contribution < 1.29 is 10.2 Å². The van der Waals surface area contributed by atoms with Gasteiger partial charge in [0.25, 0.3) is 5.56 Å². The lowest BCUT2D eigenvalue weighted by Crippen LogP contribution is -2.49. The zero-order valence-electron chi connectivity index (χ0n) is 7.96. The molecule has 1 aliphatic rings. The summed E-state index contributed by atoms with van der Waals surface area (Å²) in [6.07, 6.45) is 1.19. The van der Waals surface area contributed by atoms with Crippen molar-refractivity contribution in [3.05, 3.63) is 33.1 Å². The highest BCUT2D eigenvalue weighted by Crippen LogP contribution is 2.36. The van der Waals surface area contributed by atoms with Crippen LogP contribution < -0.4 is 11.2 Å². The maximum absolute atomic E-state index is 11.3. The summed E-state index contributed by atoms with van der Waals surface area (Å²) < 4.78 is 1.29. The smallest absolute Gasteiger partial charge is 0.328 e. The third kappa shape index (κ3) is 1.62. The molecule has 6 heteroatoms. The Bertz CT molecular complexity index is 464. The van der Waals surface area contributed by atoms with E-state index in [1.54, 1.807) is 0 Å². The van der Waals surface area contributed by atoms with Crippen molar-refractivity contribution in [1.29, 1.82) is 0 Å². The summed E-state index contributed by atoms with van der Waals surface area (Å²) in [5.74, 6) is -0.172. The van der Waals surface area contributed by atoms with Crippen LogP contribution in [0.1, 0.15) is 12.5 Å². The minimum atomic E-state index is -0.724. The summed E-state index contributed by atoms with van der Waals surface area (Å²) in [7, 11) is 0. The van der Waals surface area contributed by atoms with E-state index < -0.39 is 17.4 Å². The van der Waals surface area contributed by atoms with Crippen molar-refractivity contribution in [1.82, 2.24) is 9.55 Å². The molecule has 0 radical (unpaired) electrons. The molecule has 1 aromatic heterocycles. The number of hydrogen-bond donors (Lipinski definition) is 3. The van der Waals surface area contributed by atoms with Crippen LogP contribution in [0.4, 0.5) is 0 Å². The number of nitrogens with one attached hydrogen (secondary N) is 1. The van der Waals surface area contributed by atoms with E-state index in [0.29, 0.717) is 6.42 Å². The number of aliphatic hydroxyl groups excluding tert-OH is 2. The molecule has 0 saturated heterocycles. The van der Waals surface area contributed by atoms with Crippen molar-refractivity contribution >= 4 is 0 Å². The Morgan fingerprint density at radius 1 is 1.53 bits per heavy atom. The van der Waals surface area contributed by atoms with Crippen molar-refractivity contribution in [3.63, 3.8) is 0 Å². The Hall–Kier alpha value is -1.40. The van der Waals surface area contributed by atoms with Crippen LogP contribution in [-0.2, 0) is 0 Å². The van der Waals surface area contributed by atoms with Gasteiger partial charge in [-0.25, -0.2) is 4.79 Å². The first-order chi connectivity index (χ1) is 7.13. The maximum Gasteiger partial charge on any atom is 0.328 e. The Kier molecular flexibility index (Phi) is 2.45. The fourth-order valence-electron chi connectivity index (χ4n) is 1.86. The molecular weight excluding hydrogens is 200 g/mol. The average molecular weight is 212 g/mol. The van der Waals surface area contributed by atoms with Gasteiger partial charge in [0.05, 0.1) is 12.1 Å². The van der Waals surface area contributed by atoms with Crippen LogP contribution in [0.2, 0.25) is 0 Å². The fraction of sp³-hybridized carbons (Fsp3) is 0.556. The Balaban J connectivity index is 2.26. The Labute approximate surface area is 84.8 Å². The van der Waals surface area contributed by atoms with Crippen LogP contribution in [0.25, 0.3) is 0 Å². The van der Waals surface area contributed by atoms with E-state index in [-0.39, 0.29) is 18.6 Å². The molecule has 0 spiro atoms. The number of rotatable bonds is 2. The molecule has 2 rings (SSSR count). The molecule has 0 amide bonds. The quantitative estimate of drug-likeness (QED) is 0.553. The van der Waals surface area contributed by atoms with Gasteiger partial charge in [-0.3, -0.25) is 14.3 Å². The molecule has 1 heterocycles. The minimum Gasteiger partial charge on any atom is -0.396 e. The lowest BCUT2D eigenvalue weighted by atomic mass is 9.77. The summed E-state index contributed by atoms with van der Waals surface area (Å²) >= 11 is 0. The van der Waals surface area contributed by atoms with E-state index >= 15 is 0 Å². The van der Waals surface area contributed by atoms with E-state index in [1.807, 2.05) is 0 Å². The monoisotopic (exact) mass is 212 g/mol. The summed E-state index contributed by atoms with van der Waals surface area (Å²) in [5.41, 5.74) is -0.980. The standard InChI is InChI=1S/C9H12N2O4/c12-4-5-3-6(8(5)14)11-2-1-7(13)10-9(11)15/h1-2,5-6,8,12,14H,3-4H2,(H,10,13,15)/t5-,6-,8-/m0/s1. The van der Waals surface area contributed by atoms with Crippen molar-refractivity contribution in [2.75, 3.05) is 6.61 Å². The van der Waals surface area contributed by atoms with Crippen molar-refractivity contribution in [3.8, 4) is 0 Å². The minimum absolute atomic E-state index is 0.0875. The Morgan fingerprint density at radius 2 is 2.27 bits per heavy atom. The van der Waals surface area contributed by atoms with Gasteiger partial charge >= 0.3 is 5.69 Å². The highest BCUT2D eigenvalue weighted by atomic mass is 16.3. The second kappa shape index (κ2) is 3.63. The van der Waals surface area contributed by atoms with Gasteiger partial charge in [-0.15, -0.1) is 0 Å². The van der Waals surface area contributed by atoms with Gasteiger partial charge < -0.3 is 10.2 Å². The van der Waals surface area contributed by atoms with Crippen LogP contribution in [0.5, 0.6) is 0 Å². The first-order valence-corrected chi connectivity index (χ1v) is 4.74. The van der Waals surface area contributed by atoms with E-state index in [4.69, 9.17) is 5.11 Å². The first kappa shape index (κ1) is 10.1. The third-order valence-electron chi connectivity index (χ3n) is 2.86. The highest BCUT2D eigenvalue weighted by molar-refractivity contribution is 4.96. The molecule has 0 unspecified atom stereocenters. The number of aromatic amines is 1. The number of hydrogen-bond acceptors (Lipinski definition) is 4. The molecule has 0 bridgehead atoms. The number of aliphatic hydroxyl groups is 2. The zero-order valence-corrected chi connectivity index (χ0v) is 7.96. The molecular formula is C9H12N2O4. The van der Waals surface area contributed by atoms with Crippen molar-refractivity contribution in [2.45, 2.75) is 18.6 Å². The zero-order chi connectivity index (χ0) is 11.0. The van der Waals surface area contributed by atoms with Gasteiger partial charge in [0.15, 0.2) is 0 Å². The highest BCUT2D eigenvalue weighted by Gasteiger charge is 2.40. The van der Waals surface area contributed by atoms with Gasteiger partial charge in [0.2, 0.25) is 0 Å². The van der Waals surface area contributed by atoms with Crippen LogP contribution >= 0.6 is 0 Å². The molecule has 1 fully saturated rings. The maximum atomic E-state index is 11.3. The average Bonchev–Trinajstić information content (AvgIpc) is 2.20. The molecule has 15 heavy (non-hydrogen) atoms. The molecule has 0 aromatic carbocycles. The molecule has 1 aliphatic carbocycles. The summed E-state index contributed by atoms with van der Waals surface area (Å²) in [6.45, 7) is -0.0875. The Morgan fingerprint density at radius 3 is 2.80 bits per heavy atom. The molecule has 6 nitrogen and oxygen atoms in total. The van der Waals surface area contributed by atoms with Crippen LogP contribution in [0, 0.1) is 5.92 Å². The van der Waals surface area contributed by atoms with Crippen molar-refractivity contribution in [2.24, 2.45) is 5.92 Å². The first-order valence-electron chi connectivity index (χ1n) is 4.74. The topological polar surface area (TPSA) is 95.3 Å². The van der Waals surface area contributed by atoms with Gasteiger partial charge in [-0.1, -0.05) is 0 Å². The SMILES string of the molecule is O=c1ccn([C@H]2C[C@@H](CO)[C@@H]2O)c(=O)[nH]1. The van der Waals surface area contributed by atoms with Crippen LogP contribution in [0.3, 0.4) is 0 Å². The number of H-pyrrole nitrogens is 1. The van der Waals surface area contributed by atoms with Gasteiger partial charge in [-0.2, -0.15) is 0 Å². The van der Waals surface area contributed by atoms with Crippen LogP contribution in [-0.4, -0.2) is 32.5 Å². The second-order valence-electron chi connectivity index (χ2n) is 3.75. The summed E-state index contributed by atoms with van der Waals surface area (Å²) in [4.78, 5) is 24.3. The lowest BCUT2D eigenvalue weighted by Gasteiger charge is -2.40. The summed E-state index contributed by atoms with van der Waals surface area (Å²) in [6, 6.07) is 0.895. The molecule has 3 atom stereocenters. The van der Waals surface area contributed by atoms with Crippen LogP contribution in [0.15, 0.2) is 21.9 Å². The largest absolute Gasteiger partial charge is 0.396 e. The normalized spacial score (nSPS) is 29.9. The molecule has 82 valence electrons. The second-order valence-corrected chi connectivity index (χ2v) is 3.75. The lowest BCUT2D eigenvalue weighted by molar-refractivity contribution is -0.0579. The summed E-state index contributed by atoms with van der Waals surface area (Å²) in [5, 5.41) is 18.4. The predicted octanol–water partition coefficient (Wildman–Crippen LogP) is -1.55. The van der Waals surface area contributed by atoms with Gasteiger partial charge in [0.1, 0.15) is 0 Å². The molecule has 1 aromatic rings. The predicted molar refractivity (Wildman–Crippen MR) is 51.6 cm³/mol.